The summed E-state index contributed by atoms with van der Waals surface area (Å²) in [6.45, 7) is 4.80. The molecule has 0 amide bonds. The molecule has 0 aliphatic carbocycles. The van der Waals surface area contributed by atoms with Crippen LogP contribution in [0, 0.1) is 6.92 Å². The van der Waals surface area contributed by atoms with Gasteiger partial charge in [0.1, 0.15) is 11.9 Å². The van der Waals surface area contributed by atoms with Gasteiger partial charge in [0.05, 0.1) is 0 Å². The summed E-state index contributed by atoms with van der Waals surface area (Å²) in [5.41, 5.74) is 1.06. The predicted octanol–water partition coefficient (Wildman–Crippen LogP) is 2.32. The Bertz CT molecular complexity index is 305. The average molecular weight is 210 g/mol. The zero-order chi connectivity index (χ0) is 10.7. The summed E-state index contributed by atoms with van der Waals surface area (Å²) < 4.78 is 11.3. The van der Waals surface area contributed by atoms with Crippen molar-refractivity contribution in [2.24, 2.45) is 0 Å². The summed E-state index contributed by atoms with van der Waals surface area (Å²) in [7, 11) is 0. The number of rotatable bonds is 3. The Labute approximate surface area is 90.0 Å². The van der Waals surface area contributed by atoms with Crippen LogP contribution < -0.4 is 0 Å². The maximum atomic E-state index is 5.77. The fourth-order valence-electron chi connectivity index (χ4n) is 1.75. The van der Waals surface area contributed by atoms with Gasteiger partial charge in [-0.15, -0.1) is 0 Å². The Balaban J connectivity index is 1.88. The first-order valence-electron chi connectivity index (χ1n) is 5.54. The Hall–Kier alpha value is -0.870. The standard InChI is InChI=1S/C11H18N2O2/c1-8-7-12-11(13-8)9(2)15-10-5-3-4-6-14-10/h7,9-10H,3-6H2,1-2H3,(H,12,13)/t9-,10?/m0/s1. The molecule has 2 atom stereocenters. The highest BCUT2D eigenvalue weighted by atomic mass is 16.7. The molecule has 84 valence electrons. The first-order chi connectivity index (χ1) is 7.25. The van der Waals surface area contributed by atoms with E-state index in [1.807, 2.05) is 20.0 Å². The highest BCUT2D eigenvalue weighted by Crippen LogP contribution is 2.21. The Morgan fingerprint density at radius 2 is 2.47 bits per heavy atom. The molecule has 1 aliphatic rings. The summed E-state index contributed by atoms with van der Waals surface area (Å²) in [6, 6.07) is 0. The lowest BCUT2D eigenvalue weighted by Crippen LogP contribution is -2.23. The monoisotopic (exact) mass is 210 g/mol. The molecule has 0 aromatic carbocycles. The van der Waals surface area contributed by atoms with Gasteiger partial charge < -0.3 is 14.5 Å². The Morgan fingerprint density at radius 1 is 1.60 bits per heavy atom. The van der Waals surface area contributed by atoms with E-state index < -0.39 is 0 Å². The molecule has 0 saturated carbocycles. The van der Waals surface area contributed by atoms with Crippen LogP contribution in [-0.4, -0.2) is 22.9 Å². The minimum absolute atomic E-state index is 0.0261. The highest BCUT2D eigenvalue weighted by molar-refractivity contribution is 5.00. The fraction of sp³-hybridized carbons (Fsp3) is 0.727. The van der Waals surface area contributed by atoms with Gasteiger partial charge >= 0.3 is 0 Å². The third-order valence-electron chi connectivity index (χ3n) is 2.60. The molecule has 15 heavy (non-hydrogen) atoms. The molecule has 1 aromatic heterocycles. The van der Waals surface area contributed by atoms with E-state index in [-0.39, 0.29) is 12.4 Å². The number of aryl methyl sites for hydroxylation is 1. The van der Waals surface area contributed by atoms with Gasteiger partial charge in [-0.3, -0.25) is 0 Å². The van der Waals surface area contributed by atoms with Gasteiger partial charge in [-0.25, -0.2) is 4.98 Å². The molecule has 2 heterocycles. The largest absolute Gasteiger partial charge is 0.353 e. The van der Waals surface area contributed by atoms with Crippen LogP contribution in [0.2, 0.25) is 0 Å². The molecule has 0 bridgehead atoms. The quantitative estimate of drug-likeness (QED) is 0.832. The lowest BCUT2D eigenvalue weighted by molar-refractivity contribution is -0.187. The topological polar surface area (TPSA) is 47.1 Å². The van der Waals surface area contributed by atoms with Crippen LogP contribution in [0.1, 0.15) is 43.8 Å². The van der Waals surface area contributed by atoms with Gasteiger partial charge in [0, 0.05) is 18.5 Å². The van der Waals surface area contributed by atoms with Crippen LogP contribution in [-0.2, 0) is 9.47 Å². The molecule has 1 N–H and O–H groups in total. The first-order valence-corrected chi connectivity index (χ1v) is 5.54. The molecular weight excluding hydrogens is 192 g/mol. The minimum atomic E-state index is -0.0563. The van der Waals surface area contributed by atoms with E-state index in [4.69, 9.17) is 9.47 Å². The number of nitrogens with zero attached hydrogens (tertiary/aromatic N) is 1. The van der Waals surface area contributed by atoms with Crippen LogP contribution in [0.5, 0.6) is 0 Å². The highest BCUT2D eigenvalue weighted by Gasteiger charge is 2.19. The molecule has 1 aromatic rings. The summed E-state index contributed by atoms with van der Waals surface area (Å²) in [4.78, 5) is 7.42. The number of hydrogen-bond donors (Lipinski definition) is 1. The van der Waals surface area contributed by atoms with Gasteiger partial charge in [0.2, 0.25) is 0 Å². The summed E-state index contributed by atoms with van der Waals surface area (Å²) in [5, 5.41) is 0. The maximum Gasteiger partial charge on any atom is 0.158 e. The lowest BCUT2D eigenvalue weighted by atomic mass is 10.2. The fourth-order valence-corrected chi connectivity index (χ4v) is 1.75. The van der Waals surface area contributed by atoms with Crippen molar-refractivity contribution in [1.29, 1.82) is 0 Å². The van der Waals surface area contributed by atoms with Crippen molar-refractivity contribution in [1.82, 2.24) is 9.97 Å². The smallest absolute Gasteiger partial charge is 0.158 e. The molecular formula is C11H18N2O2. The second kappa shape index (κ2) is 4.77. The summed E-state index contributed by atoms with van der Waals surface area (Å²) >= 11 is 0. The molecule has 4 nitrogen and oxygen atoms in total. The van der Waals surface area contributed by atoms with E-state index in [1.165, 1.54) is 6.42 Å². The van der Waals surface area contributed by atoms with Crippen LogP contribution in [0.3, 0.4) is 0 Å². The van der Waals surface area contributed by atoms with Crippen LogP contribution in [0.25, 0.3) is 0 Å². The number of hydrogen-bond acceptors (Lipinski definition) is 3. The van der Waals surface area contributed by atoms with Crippen LogP contribution in [0.4, 0.5) is 0 Å². The van der Waals surface area contributed by atoms with E-state index in [0.29, 0.717) is 0 Å². The van der Waals surface area contributed by atoms with E-state index in [2.05, 4.69) is 9.97 Å². The van der Waals surface area contributed by atoms with E-state index in [0.717, 1.165) is 31.0 Å². The van der Waals surface area contributed by atoms with Crippen molar-refractivity contribution in [3.05, 3.63) is 17.7 Å². The first kappa shape index (κ1) is 10.6. The number of aromatic amines is 1. The second-order valence-electron chi connectivity index (χ2n) is 4.03. The van der Waals surface area contributed by atoms with Gasteiger partial charge in [-0.05, 0) is 33.1 Å². The normalized spacial score (nSPS) is 24.0. The number of aromatic nitrogens is 2. The molecule has 2 rings (SSSR count). The lowest BCUT2D eigenvalue weighted by Gasteiger charge is -2.25. The molecule has 1 aliphatic heterocycles. The van der Waals surface area contributed by atoms with Gasteiger partial charge in [-0.2, -0.15) is 0 Å². The van der Waals surface area contributed by atoms with E-state index in [9.17, 15) is 0 Å². The van der Waals surface area contributed by atoms with Crippen molar-refractivity contribution in [3.63, 3.8) is 0 Å². The zero-order valence-electron chi connectivity index (χ0n) is 9.32. The number of imidazole rings is 1. The van der Waals surface area contributed by atoms with Crippen LogP contribution >= 0.6 is 0 Å². The Kier molecular flexibility index (Phi) is 3.38. The van der Waals surface area contributed by atoms with Gasteiger partial charge in [0.25, 0.3) is 0 Å². The van der Waals surface area contributed by atoms with E-state index >= 15 is 0 Å². The van der Waals surface area contributed by atoms with Crippen molar-refractivity contribution in [2.75, 3.05) is 6.61 Å². The average Bonchev–Trinajstić information content (AvgIpc) is 2.66. The van der Waals surface area contributed by atoms with Crippen molar-refractivity contribution < 1.29 is 9.47 Å². The van der Waals surface area contributed by atoms with Crippen LogP contribution in [0.15, 0.2) is 6.20 Å². The second-order valence-corrected chi connectivity index (χ2v) is 4.03. The van der Waals surface area contributed by atoms with Crippen molar-refractivity contribution in [2.45, 2.75) is 45.5 Å². The third-order valence-corrected chi connectivity index (χ3v) is 2.60. The van der Waals surface area contributed by atoms with Gasteiger partial charge in [0.15, 0.2) is 6.29 Å². The molecule has 1 fully saturated rings. The predicted molar refractivity (Wildman–Crippen MR) is 56.4 cm³/mol. The van der Waals surface area contributed by atoms with Crippen molar-refractivity contribution >= 4 is 0 Å². The van der Waals surface area contributed by atoms with E-state index in [1.54, 1.807) is 0 Å². The SMILES string of the molecule is Cc1cnc([C@H](C)OC2CCCCO2)[nH]1. The van der Waals surface area contributed by atoms with Gasteiger partial charge in [-0.1, -0.05) is 0 Å². The summed E-state index contributed by atoms with van der Waals surface area (Å²) in [5.74, 6) is 0.877. The third kappa shape index (κ3) is 2.79. The summed E-state index contributed by atoms with van der Waals surface area (Å²) in [6.07, 6.45) is 5.06. The minimum Gasteiger partial charge on any atom is -0.353 e. The number of H-pyrrole nitrogens is 1. The molecule has 1 unspecified atom stereocenters. The molecule has 0 radical (unpaired) electrons. The number of nitrogens with one attached hydrogen (secondary N) is 1. The molecule has 0 spiro atoms. The molecule has 1 saturated heterocycles. The Morgan fingerprint density at radius 3 is 3.07 bits per heavy atom. The maximum absolute atomic E-state index is 5.77. The number of ether oxygens (including phenoxy) is 2. The van der Waals surface area contributed by atoms with Crippen molar-refractivity contribution in [3.8, 4) is 0 Å². The molecule has 4 heteroatoms. The zero-order valence-corrected chi connectivity index (χ0v) is 9.32.